The molecular formula is C22H29Cl2N3O4S. The molecule has 1 aliphatic heterocycles. The molecule has 2 aromatic rings. The van der Waals surface area contributed by atoms with Crippen molar-refractivity contribution in [2.24, 2.45) is 5.92 Å². The molecule has 0 aromatic heterocycles. The molecular weight excluding hydrogens is 473 g/mol. The molecule has 0 unspecified atom stereocenters. The minimum Gasteiger partial charge on any atom is -0.496 e. The normalized spacial score (nSPS) is 15.1. The number of rotatable bonds is 8. The second kappa shape index (κ2) is 11.7. The van der Waals surface area contributed by atoms with E-state index < -0.39 is 9.84 Å². The Balaban J connectivity index is 0.00000363. The summed E-state index contributed by atoms with van der Waals surface area (Å²) < 4.78 is 30.1. The Bertz CT molecular complexity index is 1010. The molecule has 1 saturated heterocycles. The van der Waals surface area contributed by atoms with Crippen molar-refractivity contribution in [2.75, 3.05) is 44.8 Å². The van der Waals surface area contributed by atoms with Gasteiger partial charge in [0.25, 0.3) is 5.91 Å². The average Bonchev–Trinajstić information content (AvgIpc) is 2.79. The number of piperidine rings is 1. The van der Waals surface area contributed by atoms with Crippen LogP contribution in [0.5, 0.6) is 5.75 Å². The lowest BCUT2D eigenvalue weighted by Gasteiger charge is -2.31. The van der Waals surface area contributed by atoms with Crippen molar-refractivity contribution in [1.82, 2.24) is 10.2 Å². The summed E-state index contributed by atoms with van der Waals surface area (Å²) in [6.45, 7) is 2.67. The molecule has 0 radical (unpaired) electrons. The fourth-order valence-corrected chi connectivity index (χ4v) is 5.13. The summed E-state index contributed by atoms with van der Waals surface area (Å²) in [5.41, 5.74) is 6.48. The van der Waals surface area contributed by atoms with Gasteiger partial charge in [0.05, 0.1) is 34.0 Å². The highest BCUT2D eigenvalue weighted by molar-refractivity contribution is 7.91. The van der Waals surface area contributed by atoms with E-state index in [2.05, 4.69) is 10.2 Å². The Morgan fingerprint density at radius 2 is 1.88 bits per heavy atom. The van der Waals surface area contributed by atoms with Gasteiger partial charge in [0.2, 0.25) is 0 Å². The number of likely N-dealkylation sites (tertiary alicyclic amines) is 1. The van der Waals surface area contributed by atoms with Crippen molar-refractivity contribution in [1.29, 1.82) is 0 Å². The predicted octanol–water partition coefficient (Wildman–Crippen LogP) is 3.27. The standard InChI is InChI=1S/C22H28ClN3O4S.ClH/c1-30-21-14-20(24)19(23)13-18(21)22(27)25-15-16-7-9-26(10-8-16)11-12-31(28,29)17-5-3-2-4-6-17;/h2-6,13-14,16H,7-12,15,24H2,1H3,(H,25,27);1H. The number of carbonyl (C=O) groups excluding carboxylic acids is 1. The van der Waals surface area contributed by atoms with Crippen LogP contribution in [0.4, 0.5) is 5.69 Å². The maximum Gasteiger partial charge on any atom is 0.255 e. The number of benzene rings is 2. The van der Waals surface area contributed by atoms with Gasteiger partial charge in [-0.25, -0.2) is 8.42 Å². The molecule has 1 aliphatic rings. The maximum absolute atomic E-state index is 12.6. The Hall–Kier alpha value is -2.00. The highest BCUT2D eigenvalue weighted by atomic mass is 35.5. The van der Waals surface area contributed by atoms with E-state index in [1.165, 1.54) is 13.2 Å². The van der Waals surface area contributed by atoms with Crippen molar-refractivity contribution in [3.63, 3.8) is 0 Å². The number of nitrogen functional groups attached to an aromatic ring is 1. The summed E-state index contributed by atoms with van der Waals surface area (Å²) in [6.07, 6.45) is 1.79. The SMILES string of the molecule is COc1cc(N)c(Cl)cc1C(=O)NCC1CCN(CCS(=O)(=O)c2ccccc2)CC1.Cl. The monoisotopic (exact) mass is 501 g/mol. The van der Waals surface area contributed by atoms with E-state index in [4.69, 9.17) is 22.1 Å². The molecule has 0 bridgehead atoms. The largest absolute Gasteiger partial charge is 0.496 e. The number of methoxy groups -OCH3 is 1. The third kappa shape index (κ3) is 6.75. The van der Waals surface area contributed by atoms with Crippen molar-refractivity contribution < 1.29 is 17.9 Å². The molecule has 1 amide bonds. The van der Waals surface area contributed by atoms with E-state index in [1.54, 1.807) is 36.4 Å². The Kier molecular flexibility index (Phi) is 9.64. The lowest BCUT2D eigenvalue weighted by molar-refractivity contribution is 0.0934. The number of hydrogen-bond acceptors (Lipinski definition) is 6. The number of sulfone groups is 1. The van der Waals surface area contributed by atoms with E-state index in [-0.39, 0.29) is 24.1 Å². The number of nitrogens with zero attached hydrogens (tertiary/aromatic N) is 1. The van der Waals surface area contributed by atoms with Crippen molar-refractivity contribution >= 4 is 45.4 Å². The summed E-state index contributed by atoms with van der Waals surface area (Å²) in [4.78, 5) is 15.1. The zero-order valence-electron chi connectivity index (χ0n) is 17.9. The van der Waals surface area contributed by atoms with Gasteiger partial charge in [-0.2, -0.15) is 0 Å². The first-order chi connectivity index (χ1) is 14.8. The van der Waals surface area contributed by atoms with Gasteiger partial charge < -0.3 is 20.7 Å². The number of nitrogens with two attached hydrogens (primary N) is 1. The number of nitrogens with one attached hydrogen (secondary N) is 1. The summed E-state index contributed by atoms with van der Waals surface area (Å²) in [5.74, 6) is 0.570. The molecule has 3 rings (SSSR count). The number of hydrogen-bond donors (Lipinski definition) is 2. The Morgan fingerprint density at radius 1 is 1.22 bits per heavy atom. The van der Waals surface area contributed by atoms with Crippen LogP contribution in [0, 0.1) is 5.92 Å². The van der Waals surface area contributed by atoms with Gasteiger partial charge >= 0.3 is 0 Å². The van der Waals surface area contributed by atoms with Crippen LogP contribution in [-0.2, 0) is 9.84 Å². The molecule has 10 heteroatoms. The fraction of sp³-hybridized carbons (Fsp3) is 0.409. The van der Waals surface area contributed by atoms with Gasteiger partial charge in [-0.1, -0.05) is 29.8 Å². The van der Waals surface area contributed by atoms with E-state index in [0.717, 1.165) is 25.9 Å². The lowest BCUT2D eigenvalue weighted by atomic mass is 9.96. The molecule has 7 nitrogen and oxygen atoms in total. The summed E-state index contributed by atoms with van der Waals surface area (Å²) in [5, 5.41) is 3.26. The molecule has 3 N–H and O–H groups in total. The Labute approximate surface area is 200 Å². The van der Waals surface area contributed by atoms with Crippen LogP contribution in [-0.4, -0.2) is 58.3 Å². The maximum atomic E-state index is 12.6. The van der Waals surface area contributed by atoms with Gasteiger partial charge in [0.15, 0.2) is 9.84 Å². The number of carbonyl (C=O) groups is 1. The van der Waals surface area contributed by atoms with Crippen LogP contribution in [0.2, 0.25) is 5.02 Å². The molecule has 0 saturated carbocycles. The first-order valence-corrected chi connectivity index (χ1v) is 12.2. The molecule has 32 heavy (non-hydrogen) atoms. The van der Waals surface area contributed by atoms with Gasteiger partial charge in [-0.15, -0.1) is 12.4 Å². The van der Waals surface area contributed by atoms with Crippen LogP contribution in [0.25, 0.3) is 0 Å². The topological polar surface area (TPSA) is 102 Å². The predicted molar refractivity (Wildman–Crippen MR) is 130 cm³/mol. The van der Waals surface area contributed by atoms with Crippen molar-refractivity contribution in [2.45, 2.75) is 17.7 Å². The smallest absolute Gasteiger partial charge is 0.255 e. The lowest BCUT2D eigenvalue weighted by Crippen LogP contribution is -2.40. The fourth-order valence-electron chi connectivity index (χ4n) is 3.66. The Morgan fingerprint density at radius 3 is 2.50 bits per heavy atom. The molecule has 0 atom stereocenters. The zero-order chi connectivity index (χ0) is 22.4. The van der Waals surface area contributed by atoms with E-state index >= 15 is 0 Å². The van der Waals surface area contributed by atoms with Gasteiger partial charge in [0.1, 0.15) is 5.75 Å². The zero-order valence-corrected chi connectivity index (χ0v) is 20.3. The number of anilines is 1. The first-order valence-electron chi connectivity index (χ1n) is 10.2. The van der Waals surface area contributed by atoms with Crippen molar-refractivity contribution in [3.8, 4) is 5.75 Å². The molecule has 176 valence electrons. The third-order valence-electron chi connectivity index (χ3n) is 5.60. The van der Waals surface area contributed by atoms with Crippen LogP contribution < -0.4 is 15.8 Å². The molecule has 2 aromatic carbocycles. The second-order valence-corrected chi connectivity index (χ2v) is 10.2. The molecule has 0 spiro atoms. The highest BCUT2D eigenvalue weighted by Crippen LogP contribution is 2.29. The van der Waals surface area contributed by atoms with Crippen LogP contribution in [0.1, 0.15) is 23.2 Å². The van der Waals surface area contributed by atoms with Gasteiger partial charge in [-0.3, -0.25) is 4.79 Å². The summed E-state index contributed by atoms with van der Waals surface area (Å²) in [7, 11) is -1.79. The van der Waals surface area contributed by atoms with Gasteiger partial charge in [0, 0.05) is 19.2 Å². The van der Waals surface area contributed by atoms with Gasteiger partial charge in [-0.05, 0) is 50.0 Å². The van der Waals surface area contributed by atoms with Crippen LogP contribution >= 0.6 is 24.0 Å². The number of amides is 1. The van der Waals surface area contributed by atoms with Crippen molar-refractivity contribution in [3.05, 3.63) is 53.1 Å². The first kappa shape index (κ1) is 26.3. The quantitative estimate of drug-likeness (QED) is 0.538. The number of ether oxygens (including phenoxy) is 1. The average molecular weight is 502 g/mol. The second-order valence-electron chi connectivity index (χ2n) is 7.70. The molecule has 0 aliphatic carbocycles. The van der Waals surface area contributed by atoms with E-state index in [1.807, 2.05) is 0 Å². The van der Waals surface area contributed by atoms with E-state index in [0.29, 0.717) is 45.9 Å². The third-order valence-corrected chi connectivity index (χ3v) is 7.64. The van der Waals surface area contributed by atoms with E-state index in [9.17, 15) is 13.2 Å². The minimum absolute atomic E-state index is 0. The van der Waals surface area contributed by atoms with Crippen LogP contribution in [0.15, 0.2) is 47.4 Å². The minimum atomic E-state index is -3.27. The summed E-state index contributed by atoms with van der Waals surface area (Å²) in [6, 6.07) is 11.6. The highest BCUT2D eigenvalue weighted by Gasteiger charge is 2.23. The summed E-state index contributed by atoms with van der Waals surface area (Å²) >= 11 is 6.04. The number of halogens is 2. The van der Waals surface area contributed by atoms with Crippen LogP contribution in [0.3, 0.4) is 0 Å². The molecule has 1 fully saturated rings. The molecule has 1 heterocycles.